The zero-order valence-electron chi connectivity index (χ0n) is 6.34. The van der Waals surface area contributed by atoms with Crippen LogP contribution in [0.1, 0.15) is 12.8 Å². The minimum absolute atomic E-state index is 0.997. The number of oxime groups is 1. The van der Waals surface area contributed by atoms with Crippen LogP contribution in [-0.4, -0.2) is 30.8 Å². The molecule has 0 aliphatic carbocycles. The van der Waals surface area contributed by atoms with E-state index in [4.69, 9.17) is 0 Å². The van der Waals surface area contributed by atoms with E-state index in [9.17, 15) is 0 Å². The second kappa shape index (κ2) is 3.56. The van der Waals surface area contributed by atoms with Crippen molar-refractivity contribution < 1.29 is 4.84 Å². The van der Waals surface area contributed by atoms with Crippen molar-refractivity contribution in [1.29, 1.82) is 0 Å². The standard InChI is InChI=1S/C7H13N2O/c1-9-5-3-7(4-6-9)8-10-2/h1,3-6H2,2H3/q-1. The highest BCUT2D eigenvalue weighted by molar-refractivity contribution is 5.84. The Hall–Kier alpha value is -0.570. The van der Waals surface area contributed by atoms with Gasteiger partial charge in [0, 0.05) is 0 Å². The van der Waals surface area contributed by atoms with E-state index >= 15 is 0 Å². The predicted octanol–water partition coefficient (Wildman–Crippen LogP) is 0.876. The van der Waals surface area contributed by atoms with Gasteiger partial charge in [0.25, 0.3) is 0 Å². The molecule has 0 unspecified atom stereocenters. The summed E-state index contributed by atoms with van der Waals surface area (Å²) in [6.07, 6.45) is 1.99. The summed E-state index contributed by atoms with van der Waals surface area (Å²) in [6, 6.07) is 0. The van der Waals surface area contributed by atoms with Crippen molar-refractivity contribution in [3.05, 3.63) is 7.05 Å². The fourth-order valence-electron chi connectivity index (χ4n) is 1.03. The van der Waals surface area contributed by atoms with Crippen molar-refractivity contribution in [3.8, 4) is 0 Å². The summed E-state index contributed by atoms with van der Waals surface area (Å²) < 4.78 is 0. The fraction of sp³-hybridized carbons (Fsp3) is 0.714. The molecule has 58 valence electrons. The van der Waals surface area contributed by atoms with Crippen molar-refractivity contribution in [1.82, 2.24) is 4.90 Å². The van der Waals surface area contributed by atoms with Crippen molar-refractivity contribution in [3.63, 3.8) is 0 Å². The molecule has 0 amide bonds. The van der Waals surface area contributed by atoms with Crippen LogP contribution in [0.3, 0.4) is 0 Å². The van der Waals surface area contributed by atoms with E-state index < -0.39 is 0 Å². The lowest BCUT2D eigenvalue weighted by molar-refractivity contribution is 0.209. The summed E-state index contributed by atoms with van der Waals surface area (Å²) in [5.74, 6) is 0. The Kier molecular flexibility index (Phi) is 2.68. The molecule has 0 spiro atoms. The quantitative estimate of drug-likeness (QED) is 0.400. The van der Waals surface area contributed by atoms with Crippen LogP contribution in [0.2, 0.25) is 0 Å². The molecule has 3 nitrogen and oxygen atoms in total. The van der Waals surface area contributed by atoms with Gasteiger partial charge in [-0.15, -0.1) is 0 Å². The van der Waals surface area contributed by atoms with Crippen molar-refractivity contribution in [2.75, 3.05) is 20.2 Å². The van der Waals surface area contributed by atoms with Gasteiger partial charge >= 0.3 is 0 Å². The van der Waals surface area contributed by atoms with E-state index in [1.54, 1.807) is 7.11 Å². The summed E-state index contributed by atoms with van der Waals surface area (Å²) in [5, 5.41) is 3.88. The largest absolute Gasteiger partial charge is 0.459 e. The average Bonchev–Trinajstić information content (AvgIpc) is 1.95. The third kappa shape index (κ3) is 1.99. The smallest absolute Gasteiger partial charge is 0.106 e. The van der Waals surface area contributed by atoms with E-state index in [1.165, 1.54) is 0 Å². The van der Waals surface area contributed by atoms with Crippen LogP contribution in [0.5, 0.6) is 0 Å². The van der Waals surface area contributed by atoms with Gasteiger partial charge in [-0.05, 0) is 25.9 Å². The molecule has 1 saturated heterocycles. The van der Waals surface area contributed by atoms with Gasteiger partial charge in [-0.2, -0.15) is 0 Å². The molecule has 1 fully saturated rings. The number of rotatable bonds is 1. The molecular formula is C7H13N2O-. The number of likely N-dealkylation sites (tertiary alicyclic amines) is 1. The maximum atomic E-state index is 4.67. The Morgan fingerprint density at radius 2 is 2.10 bits per heavy atom. The molecule has 1 heterocycles. The van der Waals surface area contributed by atoms with E-state index in [0.717, 1.165) is 31.6 Å². The molecule has 0 aromatic carbocycles. The summed E-state index contributed by atoms with van der Waals surface area (Å²) >= 11 is 0. The lowest BCUT2D eigenvalue weighted by Gasteiger charge is -2.29. The summed E-state index contributed by atoms with van der Waals surface area (Å²) in [4.78, 5) is 6.72. The Balaban J connectivity index is 2.32. The van der Waals surface area contributed by atoms with E-state index in [2.05, 4.69) is 21.9 Å². The number of hydrogen-bond acceptors (Lipinski definition) is 3. The first-order valence-electron chi connectivity index (χ1n) is 3.47. The molecule has 0 atom stereocenters. The van der Waals surface area contributed by atoms with Crippen LogP contribution in [0, 0.1) is 7.05 Å². The molecule has 1 rings (SSSR count). The molecule has 0 radical (unpaired) electrons. The minimum Gasteiger partial charge on any atom is -0.459 e. The van der Waals surface area contributed by atoms with Crippen LogP contribution in [0.15, 0.2) is 5.16 Å². The highest BCUT2D eigenvalue weighted by Crippen LogP contribution is 2.05. The zero-order chi connectivity index (χ0) is 7.40. The van der Waals surface area contributed by atoms with Crippen molar-refractivity contribution >= 4 is 5.71 Å². The van der Waals surface area contributed by atoms with Crippen LogP contribution in [-0.2, 0) is 4.84 Å². The monoisotopic (exact) mass is 141 g/mol. The van der Waals surface area contributed by atoms with Crippen molar-refractivity contribution in [2.24, 2.45) is 5.16 Å². The van der Waals surface area contributed by atoms with Gasteiger partial charge in [-0.25, -0.2) is 0 Å². The lowest BCUT2D eigenvalue weighted by atomic mass is 10.1. The van der Waals surface area contributed by atoms with Crippen LogP contribution in [0.25, 0.3) is 0 Å². The summed E-state index contributed by atoms with van der Waals surface area (Å²) in [6.45, 7) is 2.00. The molecule has 10 heavy (non-hydrogen) atoms. The SMILES string of the molecule is [CH2-]N1CCC(=NOC)CC1. The molecule has 0 aromatic rings. The predicted molar refractivity (Wildman–Crippen MR) is 40.6 cm³/mol. The Bertz CT molecular complexity index is 124. The van der Waals surface area contributed by atoms with Gasteiger partial charge in [0.15, 0.2) is 0 Å². The van der Waals surface area contributed by atoms with Gasteiger partial charge in [0.05, 0.1) is 5.71 Å². The molecule has 0 aromatic heterocycles. The third-order valence-electron chi connectivity index (χ3n) is 1.65. The second-order valence-electron chi connectivity index (χ2n) is 2.46. The maximum Gasteiger partial charge on any atom is 0.106 e. The topological polar surface area (TPSA) is 24.8 Å². The molecular weight excluding hydrogens is 128 g/mol. The first-order chi connectivity index (χ1) is 4.83. The highest BCUT2D eigenvalue weighted by Gasteiger charge is 2.07. The Morgan fingerprint density at radius 3 is 2.60 bits per heavy atom. The first kappa shape index (κ1) is 7.54. The van der Waals surface area contributed by atoms with Crippen LogP contribution in [0.4, 0.5) is 0 Å². The Morgan fingerprint density at radius 1 is 1.50 bits per heavy atom. The fourth-order valence-corrected chi connectivity index (χ4v) is 1.03. The van der Waals surface area contributed by atoms with E-state index in [0.29, 0.717) is 0 Å². The van der Waals surface area contributed by atoms with E-state index in [-0.39, 0.29) is 0 Å². The first-order valence-corrected chi connectivity index (χ1v) is 3.47. The number of nitrogens with zero attached hydrogens (tertiary/aromatic N) is 2. The third-order valence-corrected chi connectivity index (χ3v) is 1.65. The number of hydrogen-bond donors (Lipinski definition) is 0. The maximum absolute atomic E-state index is 4.67. The van der Waals surface area contributed by atoms with E-state index in [1.807, 2.05) is 0 Å². The van der Waals surface area contributed by atoms with Gasteiger partial charge in [-0.3, -0.25) is 7.05 Å². The number of piperidine rings is 1. The van der Waals surface area contributed by atoms with Gasteiger partial charge in [0.2, 0.25) is 0 Å². The molecule has 0 saturated carbocycles. The molecule has 3 heteroatoms. The summed E-state index contributed by atoms with van der Waals surface area (Å²) in [5.41, 5.74) is 1.16. The second-order valence-corrected chi connectivity index (χ2v) is 2.46. The van der Waals surface area contributed by atoms with Crippen molar-refractivity contribution in [2.45, 2.75) is 12.8 Å². The van der Waals surface area contributed by atoms with Crippen LogP contribution < -0.4 is 0 Å². The molecule has 0 bridgehead atoms. The molecule has 1 aliphatic rings. The van der Waals surface area contributed by atoms with Gasteiger partial charge < -0.3 is 9.74 Å². The highest BCUT2D eigenvalue weighted by atomic mass is 16.6. The summed E-state index contributed by atoms with van der Waals surface area (Å²) in [7, 11) is 5.42. The normalized spacial score (nSPS) is 20.8. The lowest BCUT2D eigenvalue weighted by Crippen LogP contribution is -2.28. The minimum atomic E-state index is 0.997. The van der Waals surface area contributed by atoms with Gasteiger partial charge in [0.1, 0.15) is 7.11 Å². The van der Waals surface area contributed by atoms with Crippen LogP contribution >= 0.6 is 0 Å². The zero-order valence-corrected chi connectivity index (χ0v) is 6.34. The molecule has 0 N–H and O–H groups in total. The average molecular weight is 141 g/mol. The molecule has 1 aliphatic heterocycles. The Labute approximate surface area is 61.6 Å². The van der Waals surface area contributed by atoms with Gasteiger partial charge in [-0.1, -0.05) is 5.16 Å².